The Morgan fingerprint density at radius 2 is 0.700 bits per heavy atom. The van der Waals surface area contributed by atoms with E-state index in [-0.39, 0.29) is 0 Å². The maximum absolute atomic E-state index is 2.54. The van der Waals surface area contributed by atoms with Crippen molar-refractivity contribution in [1.82, 2.24) is 0 Å². The SMILES string of the molecule is Cc1ccc(C)c(N(c2c(C)cccc2-c2ccccc2)c2ccc3ccc4c(N(c5cc(C)ccc5C)c5c(C)cccc5-c5ccccc5)ccc5ccc2c3c54)c1. The average Bonchev–Trinajstić information content (AvgIpc) is 3.27. The summed E-state index contributed by atoms with van der Waals surface area (Å²) in [6.45, 7) is 13.4. The van der Waals surface area contributed by atoms with Crippen LogP contribution in [-0.4, -0.2) is 0 Å². The molecule has 60 heavy (non-hydrogen) atoms. The molecular formula is C58H48N2. The van der Waals surface area contributed by atoms with Crippen LogP contribution in [0.1, 0.15) is 33.4 Å². The van der Waals surface area contributed by atoms with Gasteiger partial charge in [-0.3, -0.25) is 0 Å². The fraction of sp³-hybridized carbons (Fsp3) is 0.103. The summed E-state index contributed by atoms with van der Waals surface area (Å²) in [7, 11) is 0. The predicted molar refractivity (Wildman–Crippen MR) is 259 cm³/mol. The first kappa shape index (κ1) is 37.1. The Balaban J connectivity index is 1.29. The molecule has 10 aromatic carbocycles. The molecule has 290 valence electrons. The largest absolute Gasteiger partial charge is 0.309 e. The van der Waals surface area contributed by atoms with Gasteiger partial charge in [-0.15, -0.1) is 0 Å². The summed E-state index contributed by atoms with van der Waals surface area (Å²) in [5.41, 5.74) is 19.3. The molecule has 10 rings (SSSR count). The number of anilines is 6. The van der Waals surface area contributed by atoms with E-state index in [9.17, 15) is 0 Å². The Morgan fingerprint density at radius 3 is 1.12 bits per heavy atom. The molecule has 0 aliphatic rings. The Bertz CT molecular complexity index is 3000. The van der Waals surface area contributed by atoms with E-state index in [0.29, 0.717) is 0 Å². The summed E-state index contributed by atoms with van der Waals surface area (Å²) >= 11 is 0. The van der Waals surface area contributed by atoms with Crippen molar-refractivity contribution < 1.29 is 0 Å². The van der Waals surface area contributed by atoms with E-state index < -0.39 is 0 Å². The van der Waals surface area contributed by atoms with Gasteiger partial charge in [0.15, 0.2) is 0 Å². The number of hydrogen-bond acceptors (Lipinski definition) is 2. The van der Waals surface area contributed by atoms with E-state index in [1.54, 1.807) is 0 Å². The zero-order valence-corrected chi connectivity index (χ0v) is 35.2. The first-order chi connectivity index (χ1) is 29.3. The van der Waals surface area contributed by atoms with Crippen molar-refractivity contribution in [3.8, 4) is 22.3 Å². The Hall–Kier alpha value is -7.16. The zero-order chi connectivity index (χ0) is 41.1. The van der Waals surface area contributed by atoms with Crippen molar-refractivity contribution in [2.75, 3.05) is 9.80 Å². The van der Waals surface area contributed by atoms with E-state index >= 15 is 0 Å². The van der Waals surface area contributed by atoms with Crippen LogP contribution in [-0.2, 0) is 0 Å². The van der Waals surface area contributed by atoms with Gasteiger partial charge in [0, 0.05) is 33.3 Å². The standard InChI is InChI=1S/C58H48N2/c1-37-23-25-39(3)53(35-37)59(57-41(5)15-13-21-47(57)43-17-9-7-10-18-43)51-33-29-45-28-32-50-52(34-30-46-27-31-49(51)55(45)56(46)50)60(54-36-38(2)24-26-40(54)4)58-42(6)16-14-22-48(58)44-19-11-8-12-20-44/h7-36H,1-6H3. The minimum atomic E-state index is 1.17. The molecule has 0 saturated carbocycles. The second kappa shape index (κ2) is 14.9. The maximum Gasteiger partial charge on any atom is 0.0569 e. The van der Waals surface area contributed by atoms with Crippen LogP contribution in [0.15, 0.2) is 182 Å². The molecule has 0 saturated heterocycles. The van der Waals surface area contributed by atoms with Crippen molar-refractivity contribution in [1.29, 1.82) is 0 Å². The summed E-state index contributed by atoms with van der Waals surface area (Å²) in [6.07, 6.45) is 0. The molecule has 0 spiro atoms. The van der Waals surface area contributed by atoms with Crippen LogP contribution in [0.5, 0.6) is 0 Å². The lowest BCUT2D eigenvalue weighted by molar-refractivity contribution is 1.22. The smallest absolute Gasteiger partial charge is 0.0569 e. The van der Waals surface area contributed by atoms with Crippen molar-refractivity contribution in [3.05, 3.63) is 215 Å². The first-order valence-corrected chi connectivity index (χ1v) is 21.0. The highest BCUT2D eigenvalue weighted by Crippen LogP contribution is 2.51. The molecule has 0 fully saturated rings. The number of nitrogens with zero attached hydrogens (tertiary/aromatic N) is 2. The quantitative estimate of drug-likeness (QED) is 0.142. The maximum atomic E-state index is 2.54. The number of benzene rings is 10. The third-order valence-electron chi connectivity index (χ3n) is 12.4. The summed E-state index contributed by atoms with van der Waals surface area (Å²) in [4.78, 5) is 5.07. The highest BCUT2D eigenvalue weighted by Gasteiger charge is 2.27. The molecule has 0 atom stereocenters. The Morgan fingerprint density at radius 1 is 0.300 bits per heavy atom. The lowest BCUT2D eigenvalue weighted by atomic mass is 9.90. The van der Waals surface area contributed by atoms with Gasteiger partial charge in [0.2, 0.25) is 0 Å². The van der Waals surface area contributed by atoms with Gasteiger partial charge in [-0.1, -0.05) is 158 Å². The Labute approximate surface area is 354 Å². The summed E-state index contributed by atoms with van der Waals surface area (Å²) in [5.74, 6) is 0. The molecule has 0 heterocycles. The molecule has 0 radical (unpaired) electrons. The second-order valence-electron chi connectivity index (χ2n) is 16.5. The van der Waals surface area contributed by atoms with E-state index in [1.165, 1.54) is 122 Å². The average molecular weight is 773 g/mol. The molecule has 0 unspecified atom stereocenters. The molecule has 0 bridgehead atoms. The van der Waals surface area contributed by atoms with Crippen molar-refractivity contribution in [2.24, 2.45) is 0 Å². The van der Waals surface area contributed by atoms with E-state index in [4.69, 9.17) is 0 Å². The van der Waals surface area contributed by atoms with Gasteiger partial charge < -0.3 is 9.80 Å². The van der Waals surface area contributed by atoms with Crippen LogP contribution >= 0.6 is 0 Å². The van der Waals surface area contributed by atoms with Gasteiger partial charge in [0.25, 0.3) is 0 Å². The molecule has 10 aromatic rings. The number of rotatable bonds is 8. The van der Waals surface area contributed by atoms with Crippen molar-refractivity contribution >= 4 is 66.4 Å². The third-order valence-corrected chi connectivity index (χ3v) is 12.4. The van der Waals surface area contributed by atoms with Crippen molar-refractivity contribution in [3.63, 3.8) is 0 Å². The van der Waals surface area contributed by atoms with E-state index in [0.717, 1.165) is 0 Å². The van der Waals surface area contributed by atoms with Gasteiger partial charge in [-0.05, 0) is 132 Å². The molecule has 0 amide bonds. The fourth-order valence-corrected chi connectivity index (χ4v) is 9.44. The lowest BCUT2D eigenvalue weighted by Gasteiger charge is -2.33. The van der Waals surface area contributed by atoms with Crippen LogP contribution in [0.4, 0.5) is 34.1 Å². The number of para-hydroxylation sites is 2. The zero-order valence-electron chi connectivity index (χ0n) is 35.2. The van der Waals surface area contributed by atoms with Crippen LogP contribution in [0.3, 0.4) is 0 Å². The van der Waals surface area contributed by atoms with Crippen LogP contribution in [0.2, 0.25) is 0 Å². The van der Waals surface area contributed by atoms with Crippen LogP contribution in [0, 0.1) is 41.5 Å². The predicted octanol–water partition coefficient (Wildman–Crippen LogP) is 16.7. The second-order valence-corrected chi connectivity index (χ2v) is 16.5. The number of aryl methyl sites for hydroxylation is 6. The monoisotopic (exact) mass is 772 g/mol. The topological polar surface area (TPSA) is 6.48 Å². The highest BCUT2D eigenvalue weighted by molar-refractivity contribution is 6.28. The summed E-state index contributed by atoms with van der Waals surface area (Å²) in [5, 5.41) is 7.48. The van der Waals surface area contributed by atoms with Crippen LogP contribution in [0.25, 0.3) is 54.6 Å². The molecule has 0 aromatic heterocycles. The summed E-state index contributed by atoms with van der Waals surface area (Å²) < 4.78 is 0. The van der Waals surface area contributed by atoms with E-state index in [2.05, 4.69) is 233 Å². The minimum Gasteiger partial charge on any atom is -0.309 e. The summed E-state index contributed by atoms with van der Waals surface area (Å²) in [6, 6.07) is 67.5. The number of hydrogen-bond donors (Lipinski definition) is 0. The van der Waals surface area contributed by atoms with Gasteiger partial charge in [-0.25, -0.2) is 0 Å². The normalized spacial score (nSPS) is 11.5. The molecule has 2 heteroatoms. The van der Waals surface area contributed by atoms with Gasteiger partial charge >= 0.3 is 0 Å². The van der Waals surface area contributed by atoms with Gasteiger partial charge in [0.05, 0.1) is 22.7 Å². The van der Waals surface area contributed by atoms with Crippen LogP contribution < -0.4 is 9.80 Å². The molecular weight excluding hydrogens is 725 g/mol. The highest BCUT2D eigenvalue weighted by atomic mass is 15.2. The first-order valence-electron chi connectivity index (χ1n) is 21.0. The minimum absolute atomic E-state index is 1.17. The fourth-order valence-electron chi connectivity index (χ4n) is 9.44. The molecule has 0 aliphatic carbocycles. The van der Waals surface area contributed by atoms with Gasteiger partial charge in [0.1, 0.15) is 0 Å². The lowest BCUT2D eigenvalue weighted by Crippen LogP contribution is -2.15. The molecule has 0 aliphatic heterocycles. The molecule has 0 N–H and O–H groups in total. The molecule has 2 nitrogen and oxygen atoms in total. The third kappa shape index (κ3) is 6.19. The van der Waals surface area contributed by atoms with Crippen molar-refractivity contribution in [2.45, 2.75) is 41.5 Å². The van der Waals surface area contributed by atoms with E-state index in [1.807, 2.05) is 0 Å². The Kier molecular flexibility index (Phi) is 9.22. The van der Waals surface area contributed by atoms with Gasteiger partial charge in [-0.2, -0.15) is 0 Å².